The summed E-state index contributed by atoms with van der Waals surface area (Å²) in [6.07, 6.45) is 8.30. The second-order valence-corrected chi connectivity index (χ2v) is 7.22. The number of hydrogen-bond donors (Lipinski definition) is 0. The Morgan fingerprint density at radius 3 is 3.04 bits per heavy atom. The van der Waals surface area contributed by atoms with E-state index in [0.29, 0.717) is 24.7 Å². The first-order valence-electron chi connectivity index (χ1n) is 8.32. The van der Waals surface area contributed by atoms with Gasteiger partial charge in [-0.25, -0.2) is 4.98 Å². The van der Waals surface area contributed by atoms with E-state index in [0.717, 1.165) is 49.5 Å². The molecule has 0 bridgehead atoms. The summed E-state index contributed by atoms with van der Waals surface area (Å²) in [5, 5.41) is 7.03. The fourth-order valence-corrected chi connectivity index (χ4v) is 3.91. The third kappa shape index (κ3) is 3.29. The zero-order valence-electron chi connectivity index (χ0n) is 13.0. The van der Waals surface area contributed by atoms with E-state index in [9.17, 15) is 4.79 Å². The fourth-order valence-electron chi connectivity index (χ4n) is 3.12. The zero-order valence-corrected chi connectivity index (χ0v) is 13.8. The van der Waals surface area contributed by atoms with Crippen molar-refractivity contribution in [2.45, 2.75) is 56.9 Å². The molecule has 0 radical (unpaired) electrons. The number of aryl methyl sites for hydroxylation is 1. The number of carbonyl (C=O) groups is 1. The Labute approximate surface area is 138 Å². The molecule has 0 aromatic carbocycles. The molecule has 1 aliphatic heterocycles. The highest BCUT2D eigenvalue weighted by Crippen LogP contribution is 2.38. The molecule has 2 aliphatic rings. The molecule has 1 amide bonds. The average molecular weight is 332 g/mol. The van der Waals surface area contributed by atoms with Crippen molar-refractivity contribution >= 4 is 17.2 Å². The molecule has 1 atom stereocenters. The topological polar surface area (TPSA) is 72.1 Å². The second kappa shape index (κ2) is 6.39. The lowest BCUT2D eigenvalue weighted by atomic mass is 10.0. The maximum Gasteiger partial charge on any atom is 0.227 e. The smallest absolute Gasteiger partial charge is 0.227 e. The molecule has 4 rings (SSSR count). The number of amides is 1. The molecule has 6 nitrogen and oxygen atoms in total. The standard InChI is InChI=1S/C16H20N4O2S/c21-14(7-6-13-18-15(19-22-13)11-4-5-11)20-9-2-1-3-12(20)16-17-8-10-23-16/h8,10-12H,1-7,9H2/t12-/m0/s1. The molecule has 7 heteroatoms. The van der Waals surface area contributed by atoms with Crippen LogP contribution in [0.25, 0.3) is 0 Å². The first-order chi connectivity index (χ1) is 11.3. The molecule has 1 saturated carbocycles. The highest BCUT2D eigenvalue weighted by atomic mass is 32.1. The van der Waals surface area contributed by atoms with Crippen LogP contribution in [0.2, 0.25) is 0 Å². The van der Waals surface area contributed by atoms with Crippen molar-refractivity contribution in [1.82, 2.24) is 20.0 Å². The molecule has 2 aromatic heterocycles. The van der Waals surface area contributed by atoms with Gasteiger partial charge in [0.05, 0.1) is 6.04 Å². The molecule has 2 aromatic rings. The molecule has 1 aliphatic carbocycles. The van der Waals surface area contributed by atoms with Gasteiger partial charge in [-0.15, -0.1) is 11.3 Å². The van der Waals surface area contributed by atoms with Crippen LogP contribution in [-0.4, -0.2) is 32.5 Å². The minimum Gasteiger partial charge on any atom is -0.339 e. The van der Waals surface area contributed by atoms with Crippen LogP contribution in [0.4, 0.5) is 0 Å². The maximum atomic E-state index is 12.6. The number of hydrogen-bond acceptors (Lipinski definition) is 6. The van der Waals surface area contributed by atoms with Gasteiger partial charge in [0.25, 0.3) is 0 Å². The van der Waals surface area contributed by atoms with Gasteiger partial charge in [0.2, 0.25) is 11.8 Å². The number of piperidine rings is 1. The SMILES string of the molecule is O=C(CCc1nc(C2CC2)no1)N1CCCC[C@H]1c1nccs1. The van der Waals surface area contributed by atoms with E-state index in [1.54, 1.807) is 11.3 Å². The molecular formula is C16H20N4O2S. The molecule has 0 unspecified atom stereocenters. The summed E-state index contributed by atoms with van der Waals surface area (Å²) in [4.78, 5) is 23.4. The third-order valence-electron chi connectivity index (χ3n) is 4.54. The van der Waals surface area contributed by atoms with Gasteiger partial charge in [-0.2, -0.15) is 4.98 Å². The maximum absolute atomic E-state index is 12.6. The van der Waals surface area contributed by atoms with E-state index in [1.807, 2.05) is 16.5 Å². The van der Waals surface area contributed by atoms with Crippen molar-refractivity contribution in [1.29, 1.82) is 0 Å². The number of rotatable bonds is 5. The highest BCUT2D eigenvalue weighted by molar-refractivity contribution is 7.09. The minimum absolute atomic E-state index is 0.140. The summed E-state index contributed by atoms with van der Waals surface area (Å²) in [6, 6.07) is 0.140. The first kappa shape index (κ1) is 14.8. The van der Waals surface area contributed by atoms with Crippen molar-refractivity contribution in [2.24, 2.45) is 0 Å². The Morgan fingerprint density at radius 2 is 2.26 bits per heavy atom. The fraction of sp³-hybridized carbons (Fsp3) is 0.625. The largest absolute Gasteiger partial charge is 0.339 e. The highest BCUT2D eigenvalue weighted by Gasteiger charge is 2.31. The summed E-state index contributed by atoms with van der Waals surface area (Å²) >= 11 is 1.63. The zero-order chi connectivity index (χ0) is 15.6. The van der Waals surface area contributed by atoms with Crippen molar-refractivity contribution in [3.8, 4) is 0 Å². The third-order valence-corrected chi connectivity index (χ3v) is 5.42. The van der Waals surface area contributed by atoms with Crippen LogP contribution in [0.15, 0.2) is 16.1 Å². The lowest BCUT2D eigenvalue weighted by molar-refractivity contribution is -0.135. The van der Waals surface area contributed by atoms with E-state index in [4.69, 9.17) is 4.52 Å². The van der Waals surface area contributed by atoms with Gasteiger partial charge in [-0.3, -0.25) is 4.79 Å². The number of nitrogens with zero attached hydrogens (tertiary/aromatic N) is 4. The monoisotopic (exact) mass is 332 g/mol. The Bertz CT molecular complexity index is 665. The minimum atomic E-state index is 0.140. The quantitative estimate of drug-likeness (QED) is 0.841. The Morgan fingerprint density at radius 1 is 1.35 bits per heavy atom. The molecule has 3 heterocycles. The Hall–Kier alpha value is -1.76. The van der Waals surface area contributed by atoms with Crippen molar-refractivity contribution in [3.05, 3.63) is 28.3 Å². The normalized spacial score (nSPS) is 21.6. The van der Waals surface area contributed by atoms with Gasteiger partial charge >= 0.3 is 0 Å². The van der Waals surface area contributed by atoms with Crippen LogP contribution in [0, 0.1) is 0 Å². The number of thiazole rings is 1. The van der Waals surface area contributed by atoms with Gasteiger partial charge in [0.1, 0.15) is 5.01 Å². The summed E-state index contributed by atoms with van der Waals surface area (Å²) < 4.78 is 5.26. The van der Waals surface area contributed by atoms with Crippen LogP contribution in [0.1, 0.15) is 67.2 Å². The molecule has 0 spiro atoms. The molecule has 23 heavy (non-hydrogen) atoms. The van der Waals surface area contributed by atoms with Crippen LogP contribution >= 0.6 is 11.3 Å². The van der Waals surface area contributed by atoms with Crippen molar-refractivity contribution < 1.29 is 9.32 Å². The second-order valence-electron chi connectivity index (χ2n) is 6.29. The van der Waals surface area contributed by atoms with Crippen molar-refractivity contribution in [2.75, 3.05) is 6.54 Å². The lowest BCUT2D eigenvalue weighted by Gasteiger charge is -2.34. The average Bonchev–Trinajstić information content (AvgIpc) is 3.11. The van der Waals surface area contributed by atoms with Crippen LogP contribution in [0.5, 0.6) is 0 Å². The van der Waals surface area contributed by atoms with Gasteiger partial charge in [-0.1, -0.05) is 5.16 Å². The van der Waals surface area contributed by atoms with E-state index in [-0.39, 0.29) is 11.9 Å². The molecule has 0 N–H and O–H groups in total. The van der Waals surface area contributed by atoms with Gasteiger partial charge in [-0.05, 0) is 32.1 Å². The summed E-state index contributed by atoms with van der Waals surface area (Å²) in [5.41, 5.74) is 0. The number of carbonyl (C=O) groups excluding carboxylic acids is 1. The Kier molecular flexibility index (Phi) is 4.11. The number of aromatic nitrogens is 3. The van der Waals surface area contributed by atoms with E-state index in [1.165, 1.54) is 0 Å². The van der Waals surface area contributed by atoms with E-state index >= 15 is 0 Å². The van der Waals surface area contributed by atoms with Crippen molar-refractivity contribution in [3.63, 3.8) is 0 Å². The van der Waals surface area contributed by atoms with Gasteiger partial charge < -0.3 is 9.42 Å². The van der Waals surface area contributed by atoms with Gasteiger partial charge in [0.15, 0.2) is 5.82 Å². The molecular weight excluding hydrogens is 312 g/mol. The summed E-state index contributed by atoms with van der Waals surface area (Å²) in [6.45, 7) is 0.820. The van der Waals surface area contributed by atoms with E-state index in [2.05, 4.69) is 15.1 Å². The molecule has 122 valence electrons. The molecule has 2 fully saturated rings. The summed E-state index contributed by atoms with van der Waals surface area (Å²) in [7, 11) is 0. The summed E-state index contributed by atoms with van der Waals surface area (Å²) in [5.74, 6) is 2.05. The molecule has 1 saturated heterocycles. The predicted molar refractivity (Wildman–Crippen MR) is 85.0 cm³/mol. The Balaban J connectivity index is 1.38. The van der Waals surface area contributed by atoms with Crippen LogP contribution in [0.3, 0.4) is 0 Å². The van der Waals surface area contributed by atoms with Gasteiger partial charge in [0, 0.05) is 36.9 Å². The lowest BCUT2D eigenvalue weighted by Crippen LogP contribution is -2.38. The van der Waals surface area contributed by atoms with Crippen LogP contribution in [-0.2, 0) is 11.2 Å². The number of likely N-dealkylation sites (tertiary alicyclic amines) is 1. The van der Waals surface area contributed by atoms with Crippen LogP contribution < -0.4 is 0 Å². The first-order valence-corrected chi connectivity index (χ1v) is 9.20. The predicted octanol–water partition coefficient (Wildman–Crippen LogP) is 3.09. The van der Waals surface area contributed by atoms with E-state index < -0.39 is 0 Å².